The Morgan fingerprint density at radius 3 is 2.89 bits per heavy atom. The van der Waals surface area contributed by atoms with Crippen molar-refractivity contribution in [2.45, 2.75) is 25.7 Å². The molecule has 2 aromatic carbocycles. The predicted octanol–water partition coefficient (Wildman–Crippen LogP) is 3.84. The van der Waals surface area contributed by atoms with Gasteiger partial charge in [-0.2, -0.15) is 5.26 Å². The maximum absolute atomic E-state index is 13.4. The lowest BCUT2D eigenvalue weighted by atomic mass is 10.0. The smallest absolute Gasteiger partial charge is 0.227 e. The third-order valence-electron chi connectivity index (χ3n) is 4.55. The molecule has 27 heavy (non-hydrogen) atoms. The van der Waals surface area contributed by atoms with Crippen molar-refractivity contribution in [3.63, 3.8) is 0 Å². The number of amides is 1. The summed E-state index contributed by atoms with van der Waals surface area (Å²) in [4.78, 5) is 14.3. The minimum atomic E-state index is -0.271. The number of carbonyl (C=O) groups excluding carboxylic acids is 1. The fourth-order valence-electron chi connectivity index (χ4n) is 3.22. The lowest BCUT2D eigenvalue weighted by Gasteiger charge is -2.29. The Kier molecular flexibility index (Phi) is 5.92. The molecule has 0 aliphatic carbocycles. The van der Waals surface area contributed by atoms with Gasteiger partial charge in [-0.3, -0.25) is 4.79 Å². The van der Waals surface area contributed by atoms with E-state index in [2.05, 4.69) is 0 Å². The van der Waals surface area contributed by atoms with Gasteiger partial charge in [0.05, 0.1) is 25.3 Å². The largest absolute Gasteiger partial charge is 0.493 e. The molecule has 0 bridgehead atoms. The van der Waals surface area contributed by atoms with E-state index in [1.165, 1.54) is 19.2 Å². The van der Waals surface area contributed by atoms with Crippen LogP contribution in [0.1, 0.15) is 30.4 Å². The zero-order valence-corrected chi connectivity index (χ0v) is 15.2. The van der Waals surface area contributed by atoms with Crippen LogP contribution in [0.2, 0.25) is 0 Å². The quantitative estimate of drug-likeness (QED) is 0.727. The predicted molar refractivity (Wildman–Crippen MR) is 99.5 cm³/mol. The summed E-state index contributed by atoms with van der Waals surface area (Å²) in [6.45, 7) is 1.01. The SMILES string of the molecule is COc1cc(C#N)ccc1OCCCC(=O)N1CCCc2cc(F)ccc21. The zero-order chi connectivity index (χ0) is 19.2. The number of carbonyl (C=O) groups is 1. The molecule has 1 aliphatic heterocycles. The van der Waals surface area contributed by atoms with Crippen molar-refractivity contribution < 1.29 is 18.7 Å². The highest BCUT2D eigenvalue weighted by Crippen LogP contribution is 2.29. The molecule has 2 aromatic rings. The van der Waals surface area contributed by atoms with Crippen LogP contribution in [-0.4, -0.2) is 26.2 Å². The van der Waals surface area contributed by atoms with Crippen molar-refractivity contribution in [1.29, 1.82) is 5.26 Å². The molecule has 5 nitrogen and oxygen atoms in total. The Morgan fingerprint density at radius 1 is 1.26 bits per heavy atom. The van der Waals surface area contributed by atoms with E-state index < -0.39 is 0 Å². The lowest BCUT2D eigenvalue weighted by molar-refractivity contribution is -0.118. The summed E-state index contributed by atoms with van der Waals surface area (Å²) in [5, 5.41) is 8.92. The highest BCUT2D eigenvalue weighted by molar-refractivity contribution is 5.94. The van der Waals surface area contributed by atoms with Crippen LogP contribution in [0.15, 0.2) is 36.4 Å². The van der Waals surface area contributed by atoms with Crippen molar-refractivity contribution in [1.82, 2.24) is 0 Å². The van der Waals surface area contributed by atoms with Crippen molar-refractivity contribution in [3.8, 4) is 17.6 Å². The molecule has 1 amide bonds. The molecule has 0 fully saturated rings. The number of ether oxygens (including phenoxy) is 2. The van der Waals surface area contributed by atoms with Gasteiger partial charge in [0.15, 0.2) is 11.5 Å². The molecule has 0 unspecified atom stereocenters. The van der Waals surface area contributed by atoms with E-state index in [1.807, 2.05) is 6.07 Å². The number of rotatable bonds is 6. The van der Waals surface area contributed by atoms with E-state index in [0.717, 1.165) is 24.1 Å². The van der Waals surface area contributed by atoms with Gasteiger partial charge in [0, 0.05) is 24.7 Å². The number of benzene rings is 2. The number of nitrogens with zero attached hydrogens (tertiary/aromatic N) is 2. The van der Waals surface area contributed by atoms with Crippen LogP contribution in [0.25, 0.3) is 0 Å². The topological polar surface area (TPSA) is 62.6 Å². The van der Waals surface area contributed by atoms with Crippen LogP contribution in [0, 0.1) is 17.1 Å². The Hall–Kier alpha value is -3.07. The minimum Gasteiger partial charge on any atom is -0.493 e. The zero-order valence-electron chi connectivity index (χ0n) is 15.2. The van der Waals surface area contributed by atoms with E-state index in [0.29, 0.717) is 43.1 Å². The van der Waals surface area contributed by atoms with Crippen LogP contribution in [-0.2, 0) is 11.2 Å². The van der Waals surface area contributed by atoms with Gasteiger partial charge in [-0.25, -0.2) is 4.39 Å². The van der Waals surface area contributed by atoms with Gasteiger partial charge in [0.2, 0.25) is 5.91 Å². The summed E-state index contributed by atoms with van der Waals surface area (Å²) in [6, 6.07) is 11.6. The van der Waals surface area contributed by atoms with Crippen molar-refractivity contribution in [3.05, 3.63) is 53.3 Å². The van der Waals surface area contributed by atoms with E-state index in [1.54, 1.807) is 29.2 Å². The molecule has 0 aromatic heterocycles. The van der Waals surface area contributed by atoms with Crippen molar-refractivity contribution in [2.24, 2.45) is 0 Å². The molecule has 6 heteroatoms. The van der Waals surface area contributed by atoms with Crippen molar-refractivity contribution in [2.75, 3.05) is 25.2 Å². The minimum absolute atomic E-state index is 0.0120. The van der Waals surface area contributed by atoms with Gasteiger partial charge in [0.1, 0.15) is 5.82 Å². The van der Waals surface area contributed by atoms with Crippen molar-refractivity contribution >= 4 is 11.6 Å². The van der Waals surface area contributed by atoms with Crippen LogP contribution < -0.4 is 14.4 Å². The van der Waals surface area contributed by atoms with Crippen LogP contribution in [0.4, 0.5) is 10.1 Å². The molecule has 1 heterocycles. The number of methoxy groups -OCH3 is 1. The average Bonchev–Trinajstić information content (AvgIpc) is 2.70. The third kappa shape index (κ3) is 4.37. The molecule has 0 N–H and O–H groups in total. The normalized spacial score (nSPS) is 12.9. The Morgan fingerprint density at radius 2 is 2.11 bits per heavy atom. The van der Waals surface area contributed by atoms with Gasteiger partial charge in [-0.15, -0.1) is 0 Å². The van der Waals surface area contributed by atoms with Gasteiger partial charge >= 0.3 is 0 Å². The second-order valence-electron chi connectivity index (χ2n) is 6.35. The lowest BCUT2D eigenvalue weighted by Crippen LogP contribution is -2.35. The summed E-state index contributed by atoms with van der Waals surface area (Å²) in [6.07, 6.45) is 2.52. The van der Waals surface area contributed by atoms with E-state index >= 15 is 0 Å². The summed E-state index contributed by atoms with van der Waals surface area (Å²) in [5.74, 6) is 0.779. The van der Waals surface area contributed by atoms with Crippen LogP contribution in [0.5, 0.6) is 11.5 Å². The highest BCUT2D eigenvalue weighted by atomic mass is 19.1. The maximum Gasteiger partial charge on any atom is 0.227 e. The third-order valence-corrected chi connectivity index (χ3v) is 4.55. The van der Waals surface area contributed by atoms with Crippen LogP contribution in [0.3, 0.4) is 0 Å². The van der Waals surface area contributed by atoms with Gasteiger partial charge in [-0.05, 0) is 55.2 Å². The first kappa shape index (κ1) is 18.7. The Bertz CT molecular complexity index is 876. The Balaban J connectivity index is 1.55. The van der Waals surface area contributed by atoms with E-state index in [9.17, 15) is 9.18 Å². The maximum atomic E-state index is 13.4. The van der Waals surface area contributed by atoms with Crippen LogP contribution >= 0.6 is 0 Å². The first-order valence-corrected chi connectivity index (χ1v) is 8.92. The number of aryl methyl sites for hydroxylation is 1. The average molecular weight is 368 g/mol. The number of hydrogen-bond acceptors (Lipinski definition) is 4. The number of nitriles is 1. The van der Waals surface area contributed by atoms with Gasteiger partial charge in [0.25, 0.3) is 0 Å². The Labute approximate surface area is 157 Å². The molecule has 0 spiro atoms. The highest BCUT2D eigenvalue weighted by Gasteiger charge is 2.22. The molecule has 0 radical (unpaired) electrons. The van der Waals surface area contributed by atoms with E-state index in [4.69, 9.17) is 14.7 Å². The van der Waals surface area contributed by atoms with Gasteiger partial charge < -0.3 is 14.4 Å². The summed E-state index contributed by atoms with van der Waals surface area (Å²) < 4.78 is 24.3. The van der Waals surface area contributed by atoms with Gasteiger partial charge in [-0.1, -0.05) is 0 Å². The molecule has 0 saturated heterocycles. The summed E-state index contributed by atoms with van der Waals surface area (Å²) in [5.41, 5.74) is 2.19. The number of fused-ring (bicyclic) bond motifs is 1. The molecular weight excluding hydrogens is 347 g/mol. The monoisotopic (exact) mass is 368 g/mol. The first-order valence-electron chi connectivity index (χ1n) is 8.92. The standard InChI is InChI=1S/C21H21FN2O3/c1-26-20-12-15(14-23)6-9-19(20)27-11-3-5-21(25)24-10-2-4-16-13-17(22)7-8-18(16)24/h6-9,12-13H,2-5,10-11H2,1H3. The second kappa shape index (κ2) is 8.54. The molecule has 3 rings (SSSR count). The molecule has 140 valence electrons. The number of halogens is 1. The molecule has 0 atom stereocenters. The fourth-order valence-corrected chi connectivity index (χ4v) is 3.22. The number of anilines is 1. The first-order chi connectivity index (χ1) is 13.1. The summed E-state index contributed by atoms with van der Waals surface area (Å²) >= 11 is 0. The molecular formula is C21H21FN2O3. The molecule has 0 saturated carbocycles. The number of hydrogen-bond donors (Lipinski definition) is 0. The molecule has 1 aliphatic rings. The summed E-state index contributed by atoms with van der Waals surface area (Å²) in [7, 11) is 1.52. The fraction of sp³-hybridized carbons (Fsp3) is 0.333. The van der Waals surface area contributed by atoms with E-state index in [-0.39, 0.29) is 11.7 Å². The second-order valence-corrected chi connectivity index (χ2v) is 6.35.